The minimum Gasteiger partial charge on any atom is -0.344 e. The van der Waals surface area contributed by atoms with Gasteiger partial charge in [-0.3, -0.25) is 0 Å². The molecule has 0 aliphatic heterocycles. The first-order valence-electron chi connectivity index (χ1n) is 24.2. The molecular formula is C67H48N2. The van der Waals surface area contributed by atoms with Gasteiger partial charge in [0.2, 0.25) is 0 Å². The molecule has 2 aromatic heterocycles. The molecule has 0 N–H and O–H groups in total. The van der Waals surface area contributed by atoms with Gasteiger partial charge in [-0.15, -0.1) is 0 Å². The number of rotatable bonds is 5. The van der Waals surface area contributed by atoms with E-state index >= 15 is 0 Å². The van der Waals surface area contributed by atoms with Crippen molar-refractivity contribution in [3.63, 3.8) is 0 Å². The zero-order valence-corrected chi connectivity index (χ0v) is 39.2. The van der Waals surface area contributed by atoms with Gasteiger partial charge in [0.1, 0.15) is 0 Å². The van der Waals surface area contributed by atoms with Gasteiger partial charge in [0.25, 0.3) is 0 Å². The molecule has 1 aliphatic carbocycles. The fraction of sp³-hybridized carbons (Fsp3) is 0.0746. The molecule has 2 heterocycles. The number of hydrogen-bond donors (Lipinski definition) is 0. The van der Waals surface area contributed by atoms with E-state index in [1.807, 2.05) is 0 Å². The third kappa shape index (κ3) is 5.55. The molecule has 69 heavy (non-hydrogen) atoms. The van der Waals surface area contributed by atoms with Crippen LogP contribution in [0, 0.1) is 13.8 Å². The molecule has 0 saturated carbocycles. The zero-order chi connectivity index (χ0) is 46.1. The minimum absolute atomic E-state index is 0.591. The molecule has 2 heteroatoms. The van der Waals surface area contributed by atoms with Gasteiger partial charge in [-0.25, -0.2) is 0 Å². The summed E-state index contributed by atoms with van der Waals surface area (Å²) in [6, 6.07) is 83.1. The molecule has 0 spiro atoms. The fourth-order valence-corrected chi connectivity index (χ4v) is 12.6. The summed E-state index contributed by atoms with van der Waals surface area (Å²) >= 11 is 0. The first kappa shape index (κ1) is 39.7. The summed E-state index contributed by atoms with van der Waals surface area (Å²) in [7, 11) is 4.36. The predicted molar refractivity (Wildman–Crippen MR) is 293 cm³/mol. The minimum atomic E-state index is -0.591. The number of aryl methyl sites for hydroxylation is 4. The molecule has 0 fully saturated rings. The van der Waals surface area contributed by atoms with E-state index in [4.69, 9.17) is 0 Å². The molecular weight excluding hydrogens is 833 g/mol. The van der Waals surface area contributed by atoms with Crippen molar-refractivity contribution >= 4 is 65.2 Å². The van der Waals surface area contributed by atoms with E-state index in [-0.39, 0.29) is 0 Å². The summed E-state index contributed by atoms with van der Waals surface area (Å²) in [4.78, 5) is 0. The second-order valence-corrected chi connectivity index (χ2v) is 19.4. The molecule has 13 aromatic rings. The predicted octanol–water partition coefficient (Wildman–Crippen LogP) is 17.3. The molecule has 2 nitrogen and oxygen atoms in total. The Morgan fingerprint density at radius 2 is 0.725 bits per heavy atom. The van der Waals surface area contributed by atoms with Crippen molar-refractivity contribution < 1.29 is 0 Å². The van der Waals surface area contributed by atoms with Crippen molar-refractivity contribution in [2.45, 2.75) is 19.3 Å². The molecule has 11 aromatic carbocycles. The van der Waals surface area contributed by atoms with Crippen LogP contribution in [0.2, 0.25) is 0 Å². The van der Waals surface area contributed by atoms with Gasteiger partial charge in [-0.1, -0.05) is 187 Å². The number of nitrogens with zero attached hydrogens (tertiary/aromatic N) is 2. The van der Waals surface area contributed by atoms with Crippen molar-refractivity contribution in [2.24, 2.45) is 14.1 Å². The van der Waals surface area contributed by atoms with E-state index in [2.05, 4.69) is 255 Å². The van der Waals surface area contributed by atoms with Gasteiger partial charge in [0.15, 0.2) is 0 Å². The summed E-state index contributed by atoms with van der Waals surface area (Å²) in [6.45, 7) is 4.38. The van der Waals surface area contributed by atoms with Crippen LogP contribution in [0.4, 0.5) is 0 Å². The Labute approximate surface area is 402 Å². The van der Waals surface area contributed by atoms with Gasteiger partial charge in [0, 0.05) is 57.7 Å². The zero-order valence-electron chi connectivity index (χ0n) is 39.2. The van der Waals surface area contributed by atoms with Gasteiger partial charge in [0.05, 0.1) is 5.41 Å². The van der Waals surface area contributed by atoms with Crippen molar-refractivity contribution in [3.8, 4) is 44.5 Å². The first-order valence-corrected chi connectivity index (χ1v) is 24.2. The highest BCUT2D eigenvalue weighted by Gasteiger charge is 2.48. The van der Waals surface area contributed by atoms with Crippen molar-refractivity contribution in [1.29, 1.82) is 0 Å². The Bertz CT molecular complexity index is 4050. The average Bonchev–Trinajstić information content (AvgIpc) is 3.98. The van der Waals surface area contributed by atoms with E-state index in [0.29, 0.717) is 0 Å². The van der Waals surface area contributed by atoms with Gasteiger partial charge in [-0.2, -0.15) is 0 Å². The summed E-state index contributed by atoms with van der Waals surface area (Å²) in [6.07, 6.45) is 0. The van der Waals surface area contributed by atoms with Crippen molar-refractivity contribution in [2.75, 3.05) is 0 Å². The lowest BCUT2D eigenvalue weighted by molar-refractivity contribution is 0.769. The molecule has 0 unspecified atom stereocenters. The largest absolute Gasteiger partial charge is 0.344 e. The average molecular weight is 881 g/mol. The van der Waals surface area contributed by atoms with Crippen LogP contribution in [0.1, 0.15) is 33.4 Å². The molecule has 0 saturated heterocycles. The smallest absolute Gasteiger partial charge is 0.0719 e. The van der Waals surface area contributed by atoms with Crippen molar-refractivity contribution in [1.82, 2.24) is 9.13 Å². The summed E-state index contributed by atoms with van der Waals surface area (Å²) in [5.41, 5.74) is 22.0. The summed E-state index contributed by atoms with van der Waals surface area (Å²) < 4.78 is 4.65. The Balaban J connectivity index is 1.13. The molecule has 0 amide bonds. The Kier molecular flexibility index (Phi) is 8.49. The third-order valence-electron chi connectivity index (χ3n) is 15.8. The quantitative estimate of drug-likeness (QED) is 0.152. The molecule has 14 rings (SSSR count). The lowest BCUT2D eigenvalue weighted by Crippen LogP contribution is -2.29. The van der Waals surface area contributed by atoms with Crippen LogP contribution in [-0.4, -0.2) is 9.13 Å². The van der Waals surface area contributed by atoms with Crippen LogP contribution in [0.5, 0.6) is 0 Å². The highest BCUT2D eigenvalue weighted by atomic mass is 14.9. The van der Waals surface area contributed by atoms with Crippen LogP contribution < -0.4 is 0 Å². The fourth-order valence-electron chi connectivity index (χ4n) is 12.6. The molecule has 0 bridgehead atoms. The maximum absolute atomic E-state index is 2.50. The summed E-state index contributed by atoms with van der Waals surface area (Å²) in [5, 5.41) is 10.1. The number of para-hydroxylation sites is 2. The Hall–Kier alpha value is -8.46. The van der Waals surface area contributed by atoms with Crippen LogP contribution in [-0.2, 0) is 19.5 Å². The highest BCUT2D eigenvalue weighted by Crippen LogP contribution is 2.60. The standard InChI is InChI=1S/C67H48N2/c1-41-26-32-45(33-27-41)67(46-34-28-42(2)29-35-46)60-23-8-5-14-49(60)54-21-13-22-55(66(54)67)65-52-19-11-17-47(43-30-36-63-58(38-43)50-15-6-9-24-61(50)68(63)3)56(52)40-57-48(18-12-20-53(57)65)44-31-37-64-59(39-44)51-16-7-10-25-62(51)69(64)4/h5-40H,1-4H3. The maximum Gasteiger partial charge on any atom is 0.0719 e. The Morgan fingerprint density at radius 1 is 0.304 bits per heavy atom. The molecule has 0 atom stereocenters. The lowest BCUT2D eigenvalue weighted by Gasteiger charge is -2.36. The van der Waals surface area contributed by atoms with Crippen LogP contribution in [0.3, 0.4) is 0 Å². The van der Waals surface area contributed by atoms with Crippen LogP contribution >= 0.6 is 0 Å². The topological polar surface area (TPSA) is 9.86 Å². The first-order chi connectivity index (χ1) is 33.9. The Morgan fingerprint density at radius 3 is 1.28 bits per heavy atom. The number of aromatic nitrogens is 2. The molecule has 1 aliphatic rings. The van der Waals surface area contributed by atoms with E-state index in [9.17, 15) is 0 Å². The van der Waals surface area contributed by atoms with Gasteiger partial charge in [-0.05, 0) is 145 Å². The summed E-state index contributed by atoms with van der Waals surface area (Å²) in [5.74, 6) is 0. The molecule has 326 valence electrons. The van der Waals surface area contributed by atoms with E-state index in [1.165, 1.54) is 143 Å². The second kappa shape index (κ2) is 14.8. The second-order valence-electron chi connectivity index (χ2n) is 19.4. The van der Waals surface area contributed by atoms with Crippen molar-refractivity contribution in [3.05, 3.63) is 252 Å². The lowest BCUT2D eigenvalue weighted by atomic mass is 9.65. The van der Waals surface area contributed by atoms with E-state index in [1.54, 1.807) is 0 Å². The van der Waals surface area contributed by atoms with E-state index < -0.39 is 5.41 Å². The van der Waals surface area contributed by atoms with Crippen LogP contribution in [0.15, 0.2) is 218 Å². The maximum atomic E-state index is 2.50. The SMILES string of the molecule is Cc1ccc(C2(c3ccc(C)cc3)c3ccccc3-c3cccc(-c4c5cccc(-c6ccc7c(c6)c6ccccc6n7C)c5cc5c(-c6ccc7c(c6)c6ccccc6n7C)cccc45)c32)cc1. The number of hydrogen-bond acceptors (Lipinski definition) is 0. The number of benzene rings is 11. The van der Waals surface area contributed by atoms with Gasteiger partial charge < -0.3 is 9.13 Å². The van der Waals surface area contributed by atoms with E-state index in [0.717, 1.165) is 0 Å². The third-order valence-corrected chi connectivity index (χ3v) is 15.8. The normalized spacial score (nSPS) is 13.0. The van der Waals surface area contributed by atoms with Gasteiger partial charge >= 0.3 is 0 Å². The molecule has 0 radical (unpaired) electrons. The number of fused-ring (bicyclic) bond motifs is 11. The highest BCUT2D eigenvalue weighted by molar-refractivity contribution is 6.21. The monoisotopic (exact) mass is 880 g/mol. The van der Waals surface area contributed by atoms with Crippen LogP contribution in [0.25, 0.3) is 110 Å².